The molecule has 0 spiro atoms. The summed E-state index contributed by atoms with van der Waals surface area (Å²) in [7, 11) is 0. The summed E-state index contributed by atoms with van der Waals surface area (Å²) in [5, 5.41) is 1.66. The molecule has 0 fully saturated rings. The number of aromatic nitrogens is 2. The Labute approximate surface area is 122 Å². The Kier molecular flexibility index (Phi) is 4.36. The van der Waals surface area contributed by atoms with E-state index in [0.29, 0.717) is 0 Å². The van der Waals surface area contributed by atoms with E-state index < -0.39 is 0 Å². The SMILES string of the molecule is CCCSc1nc2sc(C)c(C)c2c(=O)n1C(C)C. The van der Waals surface area contributed by atoms with Gasteiger partial charge in [0.15, 0.2) is 5.16 Å². The van der Waals surface area contributed by atoms with Crippen molar-refractivity contribution in [3.05, 3.63) is 20.8 Å². The van der Waals surface area contributed by atoms with E-state index in [4.69, 9.17) is 4.98 Å². The number of hydrogen-bond donors (Lipinski definition) is 0. The normalized spacial score (nSPS) is 11.7. The van der Waals surface area contributed by atoms with Gasteiger partial charge >= 0.3 is 0 Å². The second kappa shape index (κ2) is 5.67. The molecule has 104 valence electrons. The Balaban J connectivity index is 2.74. The first-order valence-corrected chi connectivity index (χ1v) is 8.42. The molecule has 0 aliphatic carbocycles. The van der Waals surface area contributed by atoms with Crippen LogP contribution in [0.2, 0.25) is 0 Å². The molecular formula is C14H20N2OS2. The molecule has 0 aliphatic rings. The minimum absolute atomic E-state index is 0.112. The van der Waals surface area contributed by atoms with Crippen LogP contribution in [0.15, 0.2) is 9.95 Å². The van der Waals surface area contributed by atoms with Crippen molar-refractivity contribution in [2.45, 2.75) is 52.2 Å². The monoisotopic (exact) mass is 296 g/mol. The summed E-state index contributed by atoms with van der Waals surface area (Å²) >= 11 is 3.30. The Morgan fingerprint density at radius 2 is 2.05 bits per heavy atom. The third-order valence-electron chi connectivity index (χ3n) is 3.15. The number of thioether (sulfide) groups is 1. The van der Waals surface area contributed by atoms with Gasteiger partial charge in [0.1, 0.15) is 4.83 Å². The topological polar surface area (TPSA) is 34.9 Å². The van der Waals surface area contributed by atoms with Crippen LogP contribution in [0, 0.1) is 13.8 Å². The van der Waals surface area contributed by atoms with Crippen LogP contribution in [0.1, 0.15) is 43.7 Å². The average Bonchev–Trinajstić information content (AvgIpc) is 2.62. The van der Waals surface area contributed by atoms with Crippen molar-refractivity contribution in [1.29, 1.82) is 0 Å². The van der Waals surface area contributed by atoms with E-state index in [1.807, 2.05) is 25.3 Å². The number of hydrogen-bond acceptors (Lipinski definition) is 4. The average molecular weight is 296 g/mol. The number of fused-ring (bicyclic) bond motifs is 1. The lowest BCUT2D eigenvalue weighted by Gasteiger charge is -2.15. The second-order valence-electron chi connectivity index (χ2n) is 4.98. The summed E-state index contributed by atoms with van der Waals surface area (Å²) in [4.78, 5) is 19.5. The van der Waals surface area contributed by atoms with Gasteiger partial charge < -0.3 is 0 Å². The molecule has 2 aromatic rings. The van der Waals surface area contributed by atoms with E-state index in [9.17, 15) is 4.79 Å². The van der Waals surface area contributed by atoms with Crippen molar-refractivity contribution in [2.75, 3.05) is 5.75 Å². The maximum absolute atomic E-state index is 12.7. The van der Waals surface area contributed by atoms with Gasteiger partial charge in [-0.25, -0.2) is 4.98 Å². The lowest BCUT2D eigenvalue weighted by Crippen LogP contribution is -2.25. The Morgan fingerprint density at radius 3 is 2.63 bits per heavy atom. The molecule has 0 atom stereocenters. The third kappa shape index (κ3) is 2.58. The molecule has 0 bridgehead atoms. The Morgan fingerprint density at radius 1 is 1.37 bits per heavy atom. The van der Waals surface area contributed by atoms with Crippen molar-refractivity contribution >= 4 is 33.3 Å². The van der Waals surface area contributed by atoms with Gasteiger partial charge in [0.2, 0.25) is 0 Å². The first-order valence-electron chi connectivity index (χ1n) is 6.62. The van der Waals surface area contributed by atoms with Crippen molar-refractivity contribution in [2.24, 2.45) is 0 Å². The quantitative estimate of drug-likeness (QED) is 0.628. The summed E-state index contributed by atoms with van der Waals surface area (Å²) in [6.45, 7) is 10.3. The maximum atomic E-state index is 12.7. The van der Waals surface area contributed by atoms with Crippen LogP contribution < -0.4 is 5.56 Å². The fraction of sp³-hybridized carbons (Fsp3) is 0.571. The third-order valence-corrected chi connectivity index (χ3v) is 5.41. The molecule has 3 nitrogen and oxygen atoms in total. The number of aryl methyl sites for hydroxylation is 2. The van der Waals surface area contributed by atoms with Crippen LogP contribution >= 0.6 is 23.1 Å². The van der Waals surface area contributed by atoms with Gasteiger partial charge in [-0.3, -0.25) is 9.36 Å². The molecule has 0 amide bonds. The van der Waals surface area contributed by atoms with Crippen LogP contribution in [0.3, 0.4) is 0 Å². The highest BCUT2D eigenvalue weighted by Crippen LogP contribution is 2.29. The van der Waals surface area contributed by atoms with Crippen LogP contribution in [0.5, 0.6) is 0 Å². The van der Waals surface area contributed by atoms with Crippen LogP contribution in [0.4, 0.5) is 0 Å². The fourth-order valence-electron chi connectivity index (χ4n) is 2.04. The van der Waals surface area contributed by atoms with Gasteiger partial charge in [-0.05, 0) is 39.7 Å². The molecule has 19 heavy (non-hydrogen) atoms. The largest absolute Gasteiger partial charge is 0.284 e. The van der Waals surface area contributed by atoms with Gasteiger partial charge in [0, 0.05) is 16.7 Å². The molecule has 0 N–H and O–H groups in total. The van der Waals surface area contributed by atoms with Crippen LogP contribution in [0.25, 0.3) is 10.2 Å². The van der Waals surface area contributed by atoms with E-state index >= 15 is 0 Å². The number of rotatable bonds is 4. The highest BCUT2D eigenvalue weighted by atomic mass is 32.2. The molecule has 0 aliphatic heterocycles. The summed E-state index contributed by atoms with van der Waals surface area (Å²) < 4.78 is 1.84. The second-order valence-corrected chi connectivity index (χ2v) is 7.24. The van der Waals surface area contributed by atoms with Gasteiger partial charge in [-0.1, -0.05) is 18.7 Å². The molecule has 2 heterocycles. The van der Waals surface area contributed by atoms with Gasteiger partial charge in [0.25, 0.3) is 5.56 Å². The van der Waals surface area contributed by atoms with Crippen molar-refractivity contribution < 1.29 is 0 Å². The highest BCUT2D eigenvalue weighted by Gasteiger charge is 2.17. The van der Waals surface area contributed by atoms with Crippen LogP contribution in [-0.2, 0) is 0 Å². The van der Waals surface area contributed by atoms with E-state index in [-0.39, 0.29) is 11.6 Å². The summed E-state index contributed by atoms with van der Waals surface area (Å²) in [6, 6.07) is 0.142. The van der Waals surface area contributed by atoms with Crippen molar-refractivity contribution in [1.82, 2.24) is 9.55 Å². The molecule has 0 aromatic carbocycles. The Hall–Kier alpha value is -0.810. The minimum atomic E-state index is 0.112. The molecule has 2 aromatic heterocycles. The maximum Gasteiger partial charge on any atom is 0.263 e. The zero-order chi connectivity index (χ0) is 14.2. The lowest BCUT2D eigenvalue weighted by atomic mass is 10.2. The molecule has 0 radical (unpaired) electrons. The molecular weight excluding hydrogens is 276 g/mol. The van der Waals surface area contributed by atoms with Gasteiger partial charge in [-0.2, -0.15) is 0 Å². The number of nitrogens with zero attached hydrogens (tertiary/aromatic N) is 2. The molecule has 0 saturated heterocycles. The van der Waals surface area contributed by atoms with Gasteiger partial charge in [-0.15, -0.1) is 11.3 Å². The minimum Gasteiger partial charge on any atom is -0.284 e. The lowest BCUT2D eigenvalue weighted by molar-refractivity contribution is 0.519. The highest BCUT2D eigenvalue weighted by molar-refractivity contribution is 7.99. The first-order chi connectivity index (χ1) is 8.97. The smallest absolute Gasteiger partial charge is 0.263 e. The van der Waals surface area contributed by atoms with E-state index in [1.165, 1.54) is 4.88 Å². The van der Waals surface area contributed by atoms with Crippen molar-refractivity contribution in [3.63, 3.8) is 0 Å². The summed E-state index contributed by atoms with van der Waals surface area (Å²) in [5.74, 6) is 0.994. The van der Waals surface area contributed by atoms with E-state index in [0.717, 1.165) is 33.1 Å². The van der Waals surface area contributed by atoms with E-state index in [2.05, 4.69) is 13.8 Å². The predicted octanol–water partition coefficient (Wildman–Crippen LogP) is 4.16. The molecule has 0 saturated carbocycles. The Bertz CT molecular complexity index is 655. The molecule has 2 rings (SSSR count). The summed E-state index contributed by atoms with van der Waals surface area (Å²) in [5.41, 5.74) is 1.19. The standard InChI is InChI=1S/C14H20N2OS2/c1-6-7-18-14-15-12-11(9(4)10(5)19-12)13(17)16(14)8(2)3/h8H,6-7H2,1-5H3. The first kappa shape index (κ1) is 14.6. The fourth-order valence-corrected chi connectivity index (χ4v) is 4.09. The van der Waals surface area contributed by atoms with Gasteiger partial charge in [0.05, 0.1) is 5.39 Å². The summed E-state index contributed by atoms with van der Waals surface area (Å²) in [6.07, 6.45) is 1.08. The predicted molar refractivity (Wildman–Crippen MR) is 84.8 cm³/mol. The van der Waals surface area contributed by atoms with Crippen molar-refractivity contribution in [3.8, 4) is 0 Å². The number of thiophene rings is 1. The molecule has 5 heteroatoms. The van der Waals surface area contributed by atoms with Crippen LogP contribution in [-0.4, -0.2) is 15.3 Å². The zero-order valence-corrected chi connectivity index (χ0v) is 13.7. The zero-order valence-electron chi connectivity index (χ0n) is 12.1. The van der Waals surface area contributed by atoms with E-state index in [1.54, 1.807) is 23.1 Å². The molecule has 0 unspecified atom stereocenters.